The van der Waals surface area contributed by atoms with Crippen molar-refractivity contribution in [2.45, 2.75) is 32.1 Å². The number of anilines is 2. The zero-order chi connectivity index (χ0) is 17.9. The van der Waals surface area contributed by atoms with Crippen molar-refractivity contribution in [3.8, 4) is 0 Å². The van der Waals surface area contributed by atoms with Gasteiger partial charge in [-0.1, -0.05) is 30.6 Å². The van der Waals surface area contributed by atoms with Crippen molar-refractivity contribution in [1.82, 2.24) is 4.98 Å². The number of fused-ring (bicyclic) bond motifs is 1. The predicted octanol–water partition coefficient (Wildman–Crippen LogP) is 4.66. The number of nitrogens with one attached hydrogen (secondary N) is 2. The Hall–Kier alpha value is -2.67. The molecular formula is C19H19N3O3S. The maximum Gasteiger partial charge on any atom is 0.291 e. The number of carbonyl (C=O) groups excluding carboxylic acids is 2. The Morgan fingerprint density at radius 1 is 1.12 bits per heavy atom. The van der Waals surface area contributed by atoms with E-state index < -0.39 is 0 Å². The molecular weight excluding hydrogens is 350 g/mol. The van der Waals surface area contributed by atoms with Crippen LogP contribution in [0.1, 0.15) is 42.7 Å². The molecule has 0 spiro atoms. The van der Waals surface area contributed by atoms with E-state index in [1.807, 2.05) is 12.1 Å². The molecule has 4 rings (SSSR count). The molecule has 0 radical (unpaired) electrons. The quantitative estimate of drug-likeness (QED) is 0.700. The molecule has 0 unspecified atom stereocenters. The average Bonchev–Trinajstić information content (AvgIpc) is 3.31. The molecule has 2 amide bonds. The highest BCUT2D eigenvalue weighted by Gasteiger charge is 2.22. The van der Waals surface area contributed by atoms with Crippen LogP contribution in [-0.2, 0) is 4.79 Å². The molecule has 0 atom stereocenters. The number of benzene rings is 1. The Balaban J connectivity index is 1.47. The number of amides is 2. The Morgan fingerprint density at radius 3 is 2.73 bits per heavy atom. The van der Waals surface area contributed by atoms with Crippen LogP contribution in [0.4, 0.5) is 10.8 Å². The fourth-order valence-corrected chi connectivity index (χ4v) is 4.14. The predicted molar refractivity (Wildman–Crippen MR) is 101 cm³/mol. The molecule has 6 nitrogen and oxygen atoms in total. The van der Waals surface area contributed by atoms with Crippen LogP contribution in [0, 0.1) is 5.92 Å². The second-order valence-electron chi connectivity index (χ2n) is 6.46. The summed E-state index contributed by atoms with van der Waals surface area (Å²) in [7, 11) is 0. The molecule has 7 heteroatoms. The third-order valence-corrected chi connectivity index (χ3v) is 5.53. The molecule has 2 aromatic heterocycles. The van der Waals surface area contributed by atoms with Crippen molar-refractivity contribution in [1.29, 1.82) is 0 Å². The molecule has 2 N–H and O–H groups in total. The summed E-state index contributed by atoms with van der Waals surface area (Å²) in [5, 5.41) is 6.35. The zero-order valence-electron chi connectivity index (χ0n) is 14.2. The Bertz CT molecular complexity index is 927. The van der Waals surface area contributed by atoms with Crippen molar-refractivity contribution >= 4 is 44.2 Å². The van der Waals surface area contributed by atoms with Gasteiger partial charge in [-0.25, -0.2) is 4.98 Å². The first-order valence-corrected chi connectivity index (χ1v) is 9.57. The van der Waals surface area contributed by atoms with E-state index in [1.165, 1.54) is 24.0 Å². The Kier molecular flexibility index (Phi) is 4.71. The van der Waals surface area contributed by atoms with E-state index in [0.717, 1.165) is 35.9 Å². The second kappa shape index (κ2) is 7.29. The van der Waals surface area contributed by atoms with Crippen molar-refractivity contribution < 1.29 is 14.0 Å². The Morgan fingerprint density at radius 2 is 1.96 bits per heavy atom. The van der Waals surface area contributed by atoms with Gasteiger partial charge in [0.05, 0.1) is 16.5 Å². The lowest BCUT2D eigenvalue weighted by Gasteiger charge is -2.19. The van der Waals surface area contributed by atoms with Gasteiger partial charge in [-0.15, -0.1) is 0 Å². The number of hydrogen-bond acceptors (Lipinski definition) is 5. The summed E-state index contributed by atoms with van der Waals surface area (Å²) < 4.78 is 6.00. The van der Waals surface area contributed by atoms with E-state index in [-0.39, 0.29) is 23.5 Å². The molecule has 0 saturated heterocycles. The lowest BCUT2D eigenvalue weighted by atomic mass is 9.89. The summed E-state index contributed by atoms with van der Waals surface area (Å²) in [6.45, 7) is 0. The van der Waals surface area contributed by atoms with Crippen LogP contribution in [-0.4, -0.2) is 16.8 Å². The van der Waals surface area contributed by atoms with Gasteiger partial charge in [0.25, 0.3) is 5.91 Å². The summed E-state index contributed by atoms with van der Waals surface area (Å²) >= 11 is 1.41. The Labute approximate surface area is 154 Å². The van der Waals surface area contributed by atoms with Gasteiger partial charge in [-0.2, -0.15) is 0 Å². The first-order chi connectivity index (χ1) is 12.7. The summed E-state index contributed by atoms with van der Waals surface area (Å²) in [4.78, 5) is 28.9. The highest BCUT2D eigenvalue weighted by molar-refractivity contribution is 7.22. The molecule has 0 aliphatic heterocycles. The normalized spacial score (nSPS) is 15.1. The fraction of sp³-hybridized carbons (Fsp3) is 0.316. The summed E-state index contributed by atoms with van der Waals surface area (Å²) in [6, 6.07) is 8.75. The summed E-state index contributed by atoms with van der Waals surface area (Å²) in [6.07, 6.45) is 6.84. The van der Waals surface area contributed by atoms with Gasteiger partial charge < -0.3 is 15.1 Å². The van der Waals surface area contributed by atoms with Gasteiger partial charge >= 0.3 is 0 Å². The molecule has 3 aromatic rings. The number of hydrogen-bond donors (Lipinski definition) is 2. The first-order valence-electron chi connectivity index (χ1n) is 8.75. The van der Waals surface area contributed by atoms with E-state index in [9.17, 15) is 9.59 Å². The second-order valence-corrected chi connectivity index (χ2v) is 7.49. The lowest BCUT2D eigenvalue weighted by Crippen LogP contribution is -2.24. The largest absolute Gasteiger partial charge is 0.459 e. The van der Waals surface area contributed by atoms with Crippen LogP contribution in [0.15, 0.2) is 41.0 Å². The standard InChI is InChI=1S/C19H19N3O3S/c23-17(12-5-2-1-3-6-12)22-19-21-14-9-8-13(11-16(14)26-19)20-18(24)15-7-4-10-25-15/h4,7-12H,1-3,5-6H2,(H,20,24)(H,21,22,23). The number of carbonyl (C=O) groups is 2. The number of thiazole rings is 1. The smallest absolute Gasteiger partial charge is 0.291 e. The topological polar surface area (TPSA) is 84.2 Å². The zero-order valence-corrected chi connectivity index (χ0v) is 15.0. The third kappa shape index (κ3) is 3.62. The van der Waals surface area contributed by atoms with Crippen molar-refractivity contribution in [3.05, 3.63) is 42.4 Å². The van der Waals surface area contributed by atoms with Crippen molar-refractivity contribution in [3.63, 3.8) is 0 Å². The molecule has 2 heterocycles. The van der Waals surface area contributed by atoms with E-state index in [4.69, 9.17) is 4.42 Å². The van der Waals surface area contributed by atoms with Gasteiger partial charge in [0, 0.05) is 11.6 Å². The van der Waals surface area contributed by atoms with Crippen molar-refractivity contribution in [2.75, 3.05) is 10.6 Å². The van der Waals surface area contributed by atoms with Gasteiger partial charge in [0.2, 0.25) is 5.91 Å². The van der Waals surface area contributed by atoms with E-state index >= 15 is 0 Å². The number of nitrogens with zero attached hydrogens (tertiary/aromatic N) is 1. The highest BCUT2D eigenvalue weighted by atomic mass is 32.1. The van der Waals surface area contributed by atoms with Gasteiger partial charge in [0.1, 0.15) is 0 Å². The van der Waals surface area contributed by atoms with E-state index in [0.29, 0.717) is 10.8 Å². The van der Waals surface area contributed by atoms with Crippen LogP contribution in [0.25, 0.3) is 10.2 Å². The van der Waals surface area contributed by atoms with Crippen LogP contribution in [0.2, 0.25) is 0 Å². The summed E-state index contributed by atoms with van der Waals surface area (Å²) in [5.41, 5.74) is 1.46. The maximum atomic E-state index is 12.4. The number of furan rings is 1. The van der Waals surface area contributed by atoms with E-state index in [1.54, 1.807) is 18.2 Å². The molecule has 1 aliphatic carbocycles. The number of rotatable bonds is 4. The molecule has 0 bridgehead atoms. The maximum absolute atomic E-state index is 12.4. The summed E-state index contributed by atoms with van der Waals surface area (Å²) in [5.74, 6) is 0.119. The lowest BCUT2D eigenvalue weighted by molar-refractivity contribution is -0.120. The van der Waals surface area contributed by atoms with Crippen LogP contribution in [0.5, 0.6) is 0 Å². The number of aromatic nitrogens is 1. The van der Waals surface area contributed by atoms with Gasteiger partial charge in [0.15, 0.2) is 10.9 Å². The first kappa shape index (κ1) is 16.8. The minimum atomic E-state index is -0.301. The van der Waals surface area contributed by atoms with Crippen LogP contribution < -0.4 is 10.6 Å². The van der Waals surface area contributed by atoms with Crippen LogP contribution >= 0.6 is 11.3 Å². The van der Waals surface area contributed by atoms with Crippen molar-refractivity contribution in [2.24, 2.45) is 5.92 Å². The van der Waals surface area contributed by atoms with Gasteiger partial charge in [-0.3, -0.25) is 9.59 Å². The molecule has 134 valence electrons. The molecule has 26 heavy (non-hydrogen) atoms. The monoisotopic (exact) mass is 369 g/mol. The third-order valence-electron chi connectivity index (χ3n) is 4.60. The minimum absolute atomic E-state index is 0.0649. The minimum Gasteiger partial charge on any atom is -0.459 e. The molecule has 1 saturated carbocycles. The van der Waals surface area contributed by atoms with E-state index in [2.05, 4.69) is 15.6 Å². The molecule has 1 fully saturated rings. The van der Waals surface area contributed by atoms with Gasteiger partial charge in [-0.05, 0) is 43.2 Å². The fourth-order valence-electron chi connectivity index (χ4n) is 3.23. The molecule has 1 aliphatic rings. The van der Waals surface area contributed by atoms with Crippen LogP contribution in [0.3, 0.4) is 0 Å². The SMILES string of the molecule is O=C(Nc1ccc2nc(NC(=O)C3CCCCC3)sc2c1)c1ccco1. The highest BCUT2D eigenvalue weighted by Crippen LogP contribution is 2.30. The molecule has 1 aromatic carbocycles. The average molecular weight is 369 g/mol.